The van der Waals surface area contributed by atoms with Gasteiger partial charge in [0.05, 0.1) is 30.0 Å². The second-order valence-electron chi connectivity index (χ2n) is 5.56. The molecule has 2 aliphatic rings. The lowest BCUT2D eigenvalue weighted by atomic mass is 10.2. The predicted molar refractivity (Wildman–Crippen MR) is 90.2 cm³/mol. The number of nitrogens with zero attached hydrogens (tertiary/aromatic N) is 2. The zero-order chi connectivity index (χ0) is 15.7. The smallest absolute Gasteiger partial charge is 0.267 e. The number of carbonyl (C=O) groups is 1. The second kappa shape index (κ2) is 6.54. The summed E-state index contributed by atoms with van der Waals surface area (Å²) in [6.45, 7) is 6.21. The van der Waals surface area contributed by atoms with Crippen LogP contribution in [0, 0.1) is 0 Å². The topological polar surface area (TPSA) is 45.9 Å². The molecule has 0 aliphatic carbocycles. The first-order chi connectivity index (χ1) is 10.5. The molecule has 1 aromatic rings. The van der Waals surface area contributed by atoms with Crippen LogP contribution in [0.3, 0.4) is 0 Å². The minimum absolute atomic E-state index is 0.0572. The third-order valence-electron chi connectivity index (χ3n) is 3.53. The third kappa shape index (κ3) is 3.43. The Hall–Kier alpha value is -1.15. The minimum Gasteiger partial charge on any atom is -0.465 e. The number of furan rings is 1. The van der Waals surface area contributed by atoms with Gasteiger partial charge in [-0.25, -0.2) is 0 Å². The lowest BCUT2D eigenvalue weighted by Crippen LogP contribution is -2.50. The summed E-state index contributed by atoms with van der Waals surface area (Å²) in [7, 11) is 0. The van der Waals surface area contributed by atoms with Crippen LogP contribution in [-0.2, 0) is 9.53 Å². The highest BCUT2D eigenvalue weighted by atomic mass is 32.2. The molecule has 0 saturated carbocycles. The van der Waals surface area contributed by atoms with Gasteiger partial charge < -0.3 is 9.15 Å². The molecule has 2 atom stereocenters. The van der Waals surface area contributed by atoms with Crippen LogP contribution in [0.2, 0.25) is 0 Å². The highest BCUT2D eigenvalue weighted by Crippen LogP contribution is 2.33. The molecule has 0 N–H and O–H groups in total. The van der Waals surface area contributed by atoms with Crippen molar-refractivity contribution in [1.29, 1.82) is 0 Å². The minimum atomic E-state index is -0.0572. The molecule has 7 heteroatoms. The quantitative estimate of drug-likeness (QED) is 0.623. The van der Waals surface area contributed by atoms with E-state index in [1.807, 2.05) is 19.9 Å². The van der Waals surface area contributed by atoms with Crippen LogP contribution < -0.4 is 0 Å². The van der Waals surface area contributed by atoms with E-state index in [0.717, 1.165) is 13.1 Å². The lowest BCUT2D eigenvalue weighted by molar-refractivity contribution is -0.126. The summed E-state index contributed by atoms with van der Waals surface area (Å²) < 4.78 is 11.6. The van der Waals surface area contributed by atoms with Gasteiger partial charge in [-0.05, 0) is 26.0 Å². The maximum absolute atomic E-state index is 12.5. The van der Waals surface area contributed by atoms with Gasteiger partial charge in [0.15, 0.2) is 0 Å². The molecule has 0 aromatic carbocycles. The van der Waals surface area contributed by atoms with Crippen molar-refractivity contribution in [1.82, 2.24) is 9.80 Å². The number of hydrogen-bond donors (Lipinski definition) is 0. The first-order valence-corrected chi connectivity index (χ1v) is 8.42. The largest absolute Gasteiger partial charge is 0.465 e. The number of morpholine rings is 1. The van der Waals surface area contributed by atoms with E-state index in [1.165, 1.54) is 11.8 Å². The fraction of sp³-hybridized carbons (Fsp3) is 0.467. The Balaban J connectivity index is 1.69. The van der Waals surface area contributed by atoms with E-state index < -0.39 is 0 Å². The molecule has 1 aromatic heterocycles. The van der Waals surface area contributed by atoms with Gasteiger partial charge in [0.2, 0.25) is 0 Å². The Morgan fingerprint density at radius 1 is 1.41 bits per heavy atom. The number of amides is 1. The fourth-order valence-electron chi connectivity index (χ4n) is 2.72. The Morgan fingerprint density at radius 2 is 2.14 bits per heavy atom. The van der Waals surface area contributed by atoms with E-state index in [1.54, 1.807) is 23.3 Å². The summed E-state index contributed by atoms with van der Waals surface area (Å²) in [6, 6.07) is 3.61. The van der Waals surface area contributed by atoms with Crippen molar-refractivity contribution in [2.45, 2.75) is 26.1 Å². The Kier molecular flexibility index (Phi) is 4.67. The number of hydrogen-bond acceptors (Lipinski definition) is 6. The number of carbonyl (C=O) groups excluding carboxylic acids is 1. The summed E-state index contributed by atoms with van der Waals surface area (Å²) in [5.41, 5.74) is 0. The van der Waals surface area contributed by atoms with Crippen molar-refractivity contribution < 1.29 is 13.9 Å². The molecule has 2 saturated heterocycles. The molecule has 1 amide bonds. The fourth-order valence-corrected chi connectivity index (χ4v) is 3.95. The summed E-state index contributed by atoms with van der Waals surface area (Å²) in [5.74, 6) is 0.604. The number of thiocarbonyl (C=S) groups is 1. The van der Waals surface area contributed by atoms with Gasteiger partial charge in [-0.3, -0.25) is 14.6 Å². The monoisotopic (exact) mass is 338 g/mol. The van der Waals surface area contributed by atoms with E-state index in [4.69, 9.17) is 21.4 Å². The van der Waals surface area contributed by atoms with Crippen LogP contribution in [0.25, 0.3) is 6.08 Å². The zero-order valence-electron chi connectivity index (χ0n) is 12.5. The third-order valence-corrected chi connectivity index (χ3v) is 4.90. The highest BCUT2D eigenvalue weighted by Gasteiger charge is 2.34. The Bertz CT molecular complexity index is 590. The van der Waals surface area contributed by atoms with Crippen molar-refractivity contribution in [3.63, 3.8) is 0 Å². The van der Waals surface area contributed by atoms with E-state index in [-0.39, 0.29) is 18.1 Å². The molecule has 2 aliphatic heterocycles. The Labute approximate surface area is 139 Å². The first-order valence-electron chi connectivity index (χ1n) is 7.19. The van der Waals surface area contributed by atoms with Crippen molar-refractivity contribution >= 4 is 40.3 Å². The lowest BCUT2D eigenvalue weighted by Gasteiger charge is -2.36. The molecule has 3 rings (SSSR count). The van der Waals surface area contributed by atoms with Crippen LogP contribution in [0.5, 0.6) is 0 Å². The van der Waals surface area contributed by atoms with Crippen molar-refractivity contribution in [3.8, 4) is 0 Å². The van der Waals surface area contributed by atoms with Crippen molar-refractivity contribution in [2.24, 2.45) is 0 Å². The van der Waals surface area contributed by atoms with Crippen molar-refractivity contribution in [3.05, 3.63) is 29.1 Å². The summed E-state index contributed by atoms with van der Waals surface area (Å²) in [4.78, 5) is 17.0. The maximum Gasteiger partial charge on any atom is 0.267 e. The maximum atomic E-state index is 12.5. The normalized spacial score (nSPS) is 28.8. The molecule has 118 valence electrons. The van der Waals surface area contributed by atoms with E-state index in [9.17, 15) is 4.79 Å². The summed E-state index contributed by atoms with van der Waals surface area (Å²) in [5, 5.41) is 0. The van der Waals surface area contributed by atoms with Crippen LogP contribution in [0.4, 0.5) is 0 Å². The van der Waals surface area contributed by atoms with Gasteiger partial charge in [-0.15, -0.1) is 0 Å². The number of ether oxygens (including phenoxy) is 1. The highest BCUT2D eigenvalue weighted by molar-refractivity contribution is 8.26. The second-order valence-corrected chi connectivity index (χ2v) is 7.24. The number of thioether (sulfide) groups is 1. The molecule has 5 nitrogen and oxygen atoms in total. The molecular formula is C15H18N2O3S2. The standard InChI is InChI=1S/C15H18N2O3S2/c1-10-7-16(8-11(2)20-10)9-17-14(18)13(22-15(17)21)6-12-4-3-5-19-12/h3-6,10-11H,7-9H2,1-2H3. The molecule has 22 heavy (non-hydrogen) atoms. The SMILES string of the molecule is CC1CN(CN2C(=O)C(=Cc3ccco3)SC2=S)CC(C)O1. The molecule has 0 radical (unpaired) electrons. The van der Waals surface area contributed by atoms with Gasteiger partial charge in [0, 0.05) is 19.2 Å². The molecule has 0 bridgehead atoms. The Morgan fingerprint density at radius 3 is 2.77 bits per heavy atom. The zero-order valence-corrected chi connectivity index (χ0v) is 14.2. The van der Waals surface area contributed by atoms with Crippen LogP contribution in [-0.4, -0.2) is 52.0 Å². The van der Waals surface area contributed by atoms with Crippen LogP contribution in [0.15, 0.2) is 27.7 Å². The van der Waals surface area contributed by atoms with Gasteiger partial charge >= 0.3 is 0 Å². The van der Waals surface area contributed by atoms with E-state index in [0.29, 0.717) is 21.7 Å². The van der Waals surface area contributed by atoms with Crippen LogP contribution in [0.1, 0.15) is 19.6 Å². The van der Waals surface area contributed by atoms with Gasteiger partial charge in [0.1, 0.15) is 10.1 Å². The average Bonchev–Trinajstić information content (AvgIpc) is 3.03. The van der Waals surface area contributed by atoms with Gasteiger partial charge in [-0.2, -0.15) is 0 Å². The van der Waals surface area contributed by atoms with E-state index >= 15 is 0 Å². The van der Waals surface area contributed by atoms with Gasteiger partial charge in [0.25, 0.3) is 5.91 Å². The van der Waals surface area contributed by atoms with Crippen LogP contribution >= 0.6 is 24.0 Å². The number of rotatable bonds is 3. The molecule has 0 spiro atoms. The summed E-state index contributed by atoms with van der Waals surface area (Å²) in [6.07, 6.45) is 3.66. The molecular weight excluding hydrogens is 320 g/mol. The molecule has 2 fully saturated rings. The first kappa shape index (κ1) is 15.7. The van der Waals surface area contributed by atoms with Crippen molar-refractivity contribution in [2.75, 3.05) is 19.8 Å². The predicted octanol–water partition coefficient (Wildman–Crippen LogP) is 2.55. The van der Waals surface area contributed by atoms with Gasteiger partial charge in [-0.1, -0.05) is 24.0 Å². The average molecular weight is 338 g/mol. The molecule has 2 unspecified atom stereocenters. The van der Waals surface area contributed by atoms with E-state index in [2.05, 4.69) is 4.90 Å². The summed E-state index contributed by atoms with van der Waals surface area (Å²) >= 11 is 6.68. The molecule has 3 heterocycles.